The maximum atomic E-state index is 13.5. The number of ether oxygens (including phenoxy) is 2. The van der Waals surface area contributed by atoms with Gasteiger partial charge in [0, 0.05) is 19.3 Å². The van der Waals surface area contributed by atoms with Crippen molar-refractivity contribution in [2.75, 3.05) is 25.6 Å². The fourth-order valence-corrected chi connectivity index (χ4v) is 2.99. The maximum Gasteiger partial charge on any atom is 0.355 e. The second-order valence-electron chi connectivity index (χ2n) is 6.15. The first-order valence-electron chi connectivity index (χ1n) is 8.40. The fourth-order valence-electron chi connectivity index (χ4n) is 2.99. The molecule has 3 rings (SSSR count). The molecule has 1 saturated heterocycles. The lowest BCUT2D eigenvalue weighted by molar-refractivity contribution is 0.0670. The maximum absolute atomic E-state index is 13.5. The third-order valence-electron chi connectivity index (χ3n) is 4.44. The van der Waals surface area contributed by atoms with E-state index in [-0.39, 0.29) is 23.8 Å². The molecule has 2 aromatic rings. The van der Waals surface area contributed by atoms with Gasteiger partial charge >= 0.3 is 11.4 Å². The van der Waals surface area contributed by atoms with Crippen molar-refractivity contribution in [3.63, 3.8) is 0 Å². The zero-order valence-corrected chi connectivity index (χ0v) is 14.6. The quantitative estimate of drug-likeness (QED) is 0.836. The van der Waals surface area contributed by atoms with Gasteiger partial charge in [0.1, 0.15) is 0 Å². The summed E-state index contributed by atoms with van der Waals surface area (Å²) in [6.45, 7) is 2.83. The van der Waals surface area contributed by atoms with E-state index in [4.69, 9.17) is 9.47 Å². The Labute approximate surface area is 149 Å². The summed E-state index contributed by atoms with van der Waals surface area (Å²) < 4.78 is 24.9. The summed E-state index contributed by atoms with van der Waals surface area (Å²) in [5.74, 6) is -0.277. The number of rotatable bonds is 5. The van der Waals surface area contributed by atoms with Crippen LogP contribution in [-0.2, 0) is 4.74 Å². The number of nitrogens with one attached hydrogen (secondary N) is 2. The van der Waals surface area contributed by atoms with E-state index in [1.54, 1.807) is 19.1 Å². The number of H-pyrrole nitrogens is 1. The standard InChI is InChI=1S/C17H21FN4O4/c1-10(11-3-4-13(18)14(9-11)25-2)19-15-20-16(23)22(17(24)21-15)12-5-7-26-8-6-12/h3-4,9-10,12H,5-8H2,1-2H3,(H2,19,20,21,23,24)/t10-/m0/s1. The zero-order valence-electron chi connectivity index (χ0n) is 14.6. The molecule has 0 spiro atoms. The van der Waals surface area contributed by atoms with E-state index in [1.165, 1.54) is 13.2 Å². The summed E-state index contributed by atoms with van der Waals surface area (Å²) in [5, 5.41) is 2.96. The molecular weight excluding hydrogens is 343 g/mol. The van der Waals surface area contributed by atoms with Crippen molar-refractivity contribution < 1.29 is 13.9 Å². The first kappa shape index (κ1) is 18.1. The third-order valence-corrected chi connectivity index (χ3v) is 4.44. The highest BCUT2D eigenvalue weighted by Crippen LogP contribution is 2.24. The largest absolute Gasteiger partial charge is 0.494 e. The average Bonchev–Trinajstić information content (AvgIpc) is 2.62. The minimum atomic E-state index is -0.605. The van der Waals surface area contributed by atoms with E-state index in [2.05, 4.69) is 15.3 Å². The summed E-state index contributed by atoms with van der Waals surface area (Å²) in [4.78, 5) is 31.2. The number of methoxy groups -OCH3 is 1. The molecule has 1 aliphatic rings. The Kier molecular flexibility index (Phi) is 5.36. The lowest BCUT2D eigenvalue weighted by Crippen LogP contribution is -2.42. The lowest BCUT2D eigenvalue weighted by atomic mass is 10.1. The fraction of sp³-hybridized carbons (Fsp3) is 0.471. The molecule has 0 saturated carbocycles. The van der Waals surface area contributed by atoms with Gasteiger partial charge in [0.05, 0.1) is 13.2 Å². The second kappa shape index (κ2) is 7.69. The number of hydrogen-bond donors (Lipinski definition) is 2. The summed E-state index contributed by atoms with van der Waals surface area (Å²) in [6.07, 6.45) is 1.20. The molecule has 0 amide bonds. The van der Waals surface area contributed by atoms with Crippen LogP contribution in [0.1, 0.15) is 37.4 Å². The van der Waals surface area contributed by atoms with E-state index in [0.717, 1.165) is 10.1 Å². The Morgan fingerprint density at radius 1 is 1.38 bits per heavy atom. The number of benzene rings is 1. The van der Waals surface area contributed by atoms with Crippen molar-refractivity contribution >= 4 is 5.95 Å². The van der Waals surface area contributed by atoms with Gasteiger partial charge in [-0.05, 0) is 37.5 Å². The van der Waals surface area contributed by atoms with Gasteiger partial charge < -0.3 is 14.8 Å². The Balaban J connectivity index is 1.82. The first-order valence-corrected chi connectivity index (χ1v) is 8.40. The first-order chi connectivity index (χ1) is 12.5. The minimum absolute atomic E-state index is 0.0686. The molecule has 140 valence electrons. The highest BCUT2D eigenvalue weighted by Gasteiger charge is 2.20. The van der Waals surface area contributed by atoms with Crippen molar-refractivity contribution in [2.45, 2.75) is 31.8 Å². The summed E-state index contributed by atoms with van der Waals surface area (Å²) in [5.41, 5.74) is -0.394. The molecule has 1 atom stereocenters. The third kappa shape index (κ3) is 3.77. The van der Waals surface area contributed by atoms with Crippen LogP contribution in [-0.4, -0.2) is 34.9 Å². The molecule has 1 aromatic carbocycles. The van der Waals surface area contributed by atoms with Crippen LogP contribution < -0.4 is 21.4 Å². The molecule has 1 aromatic heterocycles. The van der Waals surface area contributed by atoms with E-state index in [1.807, 2.05) is 0 Å². The monoisotopic (exact) mass is 364 g/mol. The van der Waals surface area contributed by atoms with Gasteiger partial charge in [-0.1, -0.05) is 6.07 Å². The summed E-state index contributed by atoms with van der Waals surface area (Å²) >= 11 is 0. The Hall–Kier alpha value is -2.68. The highest BCUT2D eigenvalue weighted by molar-refractivity contribution is 5.36. The Morgan fingerprint density at radius 2 is 2.12 bits per heavy atom. The van der Waals surface area contributed by atoms with Crippen LogP contribution in [0.4, 0.5) is 10.3 Å². The number of nitrogens with zero attached hydrogens (tertiary/aromatic N) is 2. The van der Waals surface area contributed by atoms with Crippen LogP contribution in [0.15, 0.2) is 27.8 Å². The number of halogens is 1. The molecule has 0 radical (unpaired) electrons. The number of hydrogen-bond acceptors (Lipinski definition) is 6. The lowest BCUT2D eigenvalue weighted by Gasteiger charge is -2.23. The van der Waals surface area contributed by atoms with Crippen LogP contribution in [0, 0.1) is 5.82 Å². The molecule has 0 unspecified atom stereocenters. The molecule has 2 N–H and O–H groups in total. The molecule has 8 nitrogen and oxygen atoms in total. The number of aromatic nitrogens is 3. The van der Waals surface area contributed by atoms with Gasteiger partial charge in [0.25, 0.3) is 0 Å². The molecule has 1 aliphatic heterocycles. The van der Waals surface area contributed by atoms with Gasteiger partial charge in [-0.25, -0.2) is 18.5 Å². The predicted octanol–water partition coefficient (Wildman–Crippen LogP) is 1.60. The van der Waals surface area contributed by atoms with E-state index >= 15 is 0 Å². The SMILES string of the molecule is COc1cc([C@H](C)Nc2nc(=O)n(C3CCOCC3)c(=O)[nH]2)ccc1F. The van der Waals surface area contributed by atoms with E-state index in [0.29, 0.717) is 26.1 Å². The smallest absolute Gasteiger partial charge is 0.355 e. The van der Waals surface area contributed by atoms with Crippen molar-refractivity contribution in [3.05, 3.63) is 50.5 Å². The summed E-state index contributed by atoms with van der Waals surface area (Å²) in [6, 6.07) is 3.91. The van der Waals surface area contributed by atoms with Gasteiger partial charge in [-0.3, -0.25) is 4.98 Å². The van der Waals surface area contributed by atoms with E-state index in [9.17, 15) is 14.0 Å². The molecule has 0 aliphatic carbocycles. The van der Waals surface area contributed by atoms with Crippen molar-refractivity contribution in [1.29, 1.82) is 0 Å². The Morgan fingerprint density at radius 3 is 2.77 bits per heavy atom. The van der Waals surface area contributed by atoms with Gasteiger partial charge in [-0.2, -0.15) is 4.98 Å². The van der Waals surface area contributed by atoms with Crippen molar-refractivity contribution in [2.24, 2.45) is 0 Å². The molecule has 1 fully saturated rings. The molecule has 26 heavy (non-hydrogen) atoms. The number of aromatic amines is 1. The average molecular weight is 364 g/mol. The normalized spacial score (nSPS) is 16.3. The van der Waals surface area contributed by atoms with Gasteiger partial charge in [0.15, 0.2) is 11.6 Å². The summed E-state index contributed by atoms with van der Waals surface area (Å²) in [7, 11) is 1.38. The van der Waals surface area contributed by atoms with E-state index < -0.39 is 17.2 Å². The topological polar surface area (TPSA) is 98.2 Å². The highest BCUT2D eigenvalue weighted by atomic mass is 19.1. The Bertz CT molecular complexity index is 858. The van der Waals surface area contributed by atoms with Gasteiger partial charge in [0.2, 0.25) is 5.95 Å². The van der Waals surface area contributed by atoms with Crippen LogP contribution in [0.3, 0.4) is 0 Å². The molecule has 0 bridgehead atoms. The van der Waals surface area contributed by atoms with Crippen LogP contribution in [0.5, 0.6) is 5.75 Å². The zero-order chi connectivity index (χ0) is 18.7. The minimum Gasteiger partial charge on any atom is -0.494 e. The predicted molar refractivity (Wildman–Crippen MR) is 93.2 cm³/mol. The van der Waals surface area contributed by atoms with Crippen molar-refractivity contribution in [1.82, 2.24) is 14.5 Å². The second-order valence-corrected chi connectivity index (χ2v) is 6.15. The molecule has 9 heteroatoms. The van der Waals surface area contributed by atoms with Crippen LogP contribution in [0.25, 0.3) is 0 Å². The van der Waals surface area contributed by atoms with Crippen molar-refractivity contribution in [3.8, 4) is 5.75 Å². The van der Waals surface area contributed by atoms with Crippen LogP contribution in [0.2, 0.25) is 0 Å². The molecule has 2 heterocycles. The number of anilines is 1. The van der Waals surface area contributed by atoms with Gasteiger partial charge in [-0.15, -0.1) is 0 Å². The molecular formula is C17H21FN4O4. The van der Waals surface area contributed by atoms with Crippen LogP contribution >= 0.6 is 0 Å².